The fourth-order valence-electron chi connectivity index (χ4n) is 1.96. The Labute approximate surface area is 126 Å². The van der Waals surface area contributed by atoms with E-state index in [1.807, 2.05) is 0 Å². The van der Waals surface area contributed by atoms with Crippen LogP contribution in [0.1, 0.15) is 72.6 Å². The number of unbranched alkanes of at least 4 members (excludes halogenated alkanes) is 2. The average molecular weight is 303 g/mol. The van der Waals surface area contributed by atoms with Crippen molar-refractivity contribution in [3.63, 3.8) is 0 Å². The molecule has 20 heavy (non-hydrogen) atoms. The lowest BCUT2D eigenvalue weighted by Crippen LogP contribution is -2.44. The third-order valence-corrected chi connectivity index (χ3v) is 8.85. The molecular weight excluding hydrogens is 268 g/mol. The highest BCUT2D eigenvalue weighted by atomic mass is 28.4. The minimum absolute atomic E-state index is 0.211. The SMILES string of the molecule is CCCCC[C@H](CCCC(=O)O)O[Si](C)(C)C(C)(C)C. The minimum Gasteiger partial charge on any atom is -0.481 e. The van der Waals surface area contributed by atoms with Crippen LogP contribution in [0.15, 0.2) is 0 Å². The number of carboxylic acid groups (broad SMARTS) is 1. The van der Waals surface area contributed by atoms with E-state index in [0.29, 0.717) is 0 Å². The molecule has 1 atom stereocenters. The number of carboxylic acids is 1. The van der Waals surface area contributed by atoms with Gasteiger partial charge in [-0.15, -0.1) is 0 Å². The van der Waals surface area contributed by atoms with Crippen molar-refractivity contribution in [2.75, 3.05) is 0 Å². The zero-order valence-electron chi connectivity index (χ0n) is 14.3. The molecule has 0 fully saturated rings. The molecule has 0 heterocycles. The molecule has 0 aromatic heterocycles. The first kappa shape index (κ1) is 19.6. The van der Waals surface area contributed by atoms with Crippen LogP contribution in [0.3, 0.4) is 0 Å². The normalized spacial score (nSPS) is 14.3. The van der Waals surface area contributed by atoms with Crippen molar-refractivity contribution in [1.29, 1.82) is 0 Å². The first-order chi connectivity index (χ1) is 9.10. The minimum atomic E-state index is -1.75. The van der Waals surface area contributed by atoms with Crippen molar-refractivity contribution in [1.82, 2.24) is 0 Å². The molecule has 0 aliphatic carbocycles. The van der Waals surface area contributed by atoms with Gasteiger partial charge in [-0.05, 0) is 37.4 Å². The molecule has 3 nitrogen and oxygen atoms in total. The zero-order valence-corrected chi connectivity index (χ0v) is 15.3. The van der Waals surface area contributed by atoms with Crippen molar-refractivity contribution in [2.45, 2.75) is 96.9 Å². The van der Waals surface area contributed by atoms with Crippen molar-refractivity contribution in [2.24, 2.45) is 0 Å². The third-order valence-electron chi connectivity index (χ3n) is 4.31. The Kier molecular flexibility index (Phi) is 8.67. The molecular formula is C16H34O3Si. The van der Waals surface area contributed by atoms with Gasteiger partial charge in [0.2, 0.25) is 0 Å². The second-order valence-electron chi connectivity index (χ2n) is 7.28. The Bertz CT molecular complexity index is 282. The highest BCUT2D eigenvalue weighted by Gasteiger charge is 2.38. The summed E-state index contributed by atoms with van der Waals surface area (Å²) in [6.45, 7) is 13.5. The van der Waals surface area contributed by atoms with E-state index in [-0.39, 0.29) is 17.6 Å². The molecule has 0 aliphatic heterocycles. The van der Waals surface area contributed by atoms with E-state index < -0.39 is 14.3 Å². The zero-order chi connectivity index (χ0) is 15.8. The molecule has 0 aromatic rings. The Balaban J connectivity index is 4.46. The maximum atomic E-state index is 10.7. The molecule has 4 heteroatoms. The summed E-state index contributed by atoms with van der Waals surface area (Å²) in [4.78, 5) is 10.7. The summed E-state index contributed by atoms with van der Waals surface area (Å²) in [7, 11) is -1.75. The first-order valence-electron chi connectivity index (χ1n) is 7.99. The highest BCUT2D eigenvalue weighted by Crippen LogP contribution is 2.38. The van der Waals surface area contributed by atoms with Gasteiger partial charge in [0.05, 0.1) is 0 Å². The van der Waals surface area contributed by atoms with Crippen LogP contribution in [0.2, 0.25) is 18.1 Å². The van der Waals surface area contributed by atoms with Crippen LogP contribution in [-0.4, -0.2) is 25.5 Å². The maximum absolute atomic E-state index is 10.7. The van der Waals surface area contributed by atoms with Crippen LogP contribution in [-0.2, 0) is 9.22 Å². The Morgan fingerprint density at radius 1 is 1.15 bits per heavy atom. The standard InChI is InChI=1S/C16H34O3Si/c1-7-8-9-11-14(12-10-13-15(17)18)19-20(5,6)16(2,3)4/h14H,7-13H2,1-6H3,(H,17,18)/t14-/m1/s1. The molecule has 1 N–H and O–H groups in total. The van der Waals surface area contributed by atoms with E-state index >= 15 is 0 Å². The van der Waals surface area contributed by atoms with E-state index in [9.17, 15) is 4.79 Å². The van der Waals surface area contributed by atoms with Gasteiger partial charge in [0, 0.05) is 12.5 Å². The quantitative estimate of drug-likeness (QED) is 0.445. The first-order valence-corrected chi connectivity index (χ1v) is 10.9. The van der Waals surface area contributed by atoms with Gasteiger partial charge in [-0.2, -0.15) is 0 Å². The lowest BCUT2D eigenvalue weighted by Gasteiger charge is -2.39. The smallest absolute Gasteiger partial charge is 0.303 e. The van der Waals surface area contributed by atoms with Crippen LogP contribution in [0.4, 0.5) is 0 Å². The molecule has 120 valence electrons. The Morgan fingerprint density at radius 2 is 1.70 bits per heavy atom. The highest BCUT2D eigenvalue weighted by molar-refractivity contribution is 6.74. The monoisotopic (exact) mass is 302 g/mol. The molecule has 0 amide bonds. The predicted molar refractivity (Wildman–Crippen MR) is 87.7 cm³/mol. The molecule has 0 saturated heterocycles. The van der Waals surface area contributed by atoms with Gasteiger partial charge in [-0.3, -0.25) is 4.79 Å². The van der Waals surface area contributed by atoms with E-state index in [4.69, 9.17) is 9.53 Å². The van der Waals surface area contributed by atoms with E-state index in [1.165, 1.54) is 19.3 Å². The van der Waals surface area contributed by atoms with Gasteiger partial charge in [0.1, 0.15) is 0 Å². The van der Waals surface area contributed by atoms with Gasteiger partial charge < -0.3 is 9.53 Å². The summed E-state index contributed by atoms with van der Waals surface area (Å²) in [6.07, 6.45) is 6.79. The van der Waals surface area contributed by atoms with Crippen LogP contribution >= 0.6 is 0 Å². The number of aliphatic carboxylic acids is 1. The molecule has 0 rings (SSSR count). The second kappa shape index (κ2) is 8.83. The summed E-state index contributed by atoms with van der Waals surface area (Å²) in [6, 6.07) is 0. The fraction of sp³-hybridized carbons (Fsp3) is 0.938. The average Bonchev–Trinajstić information content (AvgIpc) is 2.26. The number of carbonyl (C=O) groups is 1. The summed E-state index contributed by atoms with van der Waals surface area (Å²) in [5, 5.41) is 8.98. The molecule has 0 aliphatic rings. The number of hydrogen-bond donors (Lipinski definition) is 1. The Hall–Kier alpha value is -0.353. The van der Waals surface area contributed by atoms with Gasteiger partial charge in [0.15, 0.2) is 8.32 Å². The van der Waals surface area contributed by atoms with Crippen LogP contribution < -0.4 is 0 Å². The second-order valence-corrected chi connectivity index (χ2v) is 12.0. The summed E-state index contributed by atoms with van der Waals surface area (Å²) >= 11 is 0. The van der Waals surface area contributed by atoms with Gasteiger partial charge in [0.25, 0.3) is 0 Å². The van der Waals surface area contributed by atoms with Crippen LogP contribution in [0.5, 0.6) is 0 Å². The summed E-state index contributed by atoms with van der Waals surface area (Å²) in [5.74, 6) is -0.704. The topological polar surface area (TPSA) is 46.5 Å². The summed E-state index contributed by atoms with van der Waals surface area (Å²) < 4.78 is 6.48. The van der Waals surface area contributed by atoms with Gasteiger partial charge >= 0.3 is 5.97 Å². The lowest BCUT2D eigenvalue weighted by molar-refractivity contribution is -0.137. The number of rotatable bonds is 10. The van der Waals surface area contributed by atoms with E-state index in [2.05, 4.69) is 40.8 Å². The maximum Gasteiger partial charge on any atom is 0.303 e. The van der Waals surface area contributed by atoms with Crippen molar-refractivity contribution in [3.8, 4) is 0 Å². The molecule has 0 radical (unpaired) electrons. The van der Waals surface area contributed by atoms with Crippen molar-refractivity contribution in [3.05, 3.63) is 0 Å². The number of hydrogen-bond acceptors (Lipinski definition) is 2. The molecule has 0 unspecified atom stereocenters. The Morgan fingerprint density at radius 3 is 2.15 bits per heavy atom. The van der Waals surface area contributed by atoms with E-state index in [1.54, 1.807) is 0 Å². The molecule has 0 bridgehead atoms. The van der Waals surface area contributed by atoms with Gasteiger partial charge in [-0.1, -0.05) is 47.0 Å². The third kappa shape index (κ3) is 8.05. The molecule has 0 aromatic carbocycles. The largest absolute Gasteiger partial charge is 0.481 e. The molecule has 0 saturated carbocycles. The van der Waals surface area contributed by atoms with Crippen LogP contribution in [0.25, 0.3) is 0 Å². The van der Waals surface area contributed by atoms with Crippen LogP contribution in [0, 0.1) is 0 Å². The van der Waals surface area contributed by atoms with E-state index in [0.717, 1.165) is 19.3 Å². The summed E-state index contributed by atoms with van der Waals surface area (Å²) in [5.41, 5.74) is 0. The lowest BCUT2D eigenvalue weighted by atomic mass is 10.1. The van der Waals surface area contributed by atoms with Gasteiger partial charge in [-0.25, -0.2) is 0 Å². The molecule has 0 spiro atoms. The fourth-order valence-corrected chi connectivity index (χ4v) is 3.38. The predicted octanol–water partition coefficient (Wildman–Crippen LogP) is 5.21. The van der Waals surface area contributed by atoms with Crippen molar-refractivity contribution < 1.29 is 14.3 Å². The van der Waals surface area contributed by atoms with Crippen molar-refractivity contribution >= 4 is 14.3 Å².